The SMILES string of the molecule is COc1ccccc1NC(=O)NC1CCC(C)CC1. The molecule has 4 nitrogen and oxygen atoms in total. The van der Waals surface area contributed by atoms with Crippen molar-refractivity contribution in [3.05, 3.63) is 24.3 Å². The summed E-state index contributed by atoms with van der Waals surface area (Å²) in [4.78, 5) is 12.0. The maximum Gasteiger partial charge on any atom is 0.319 e. The molecule has 0 radical (unpaired) electrons. The van der Waals surface area contributed by atoms with Crippen molar-refractivity contribution in [2.45, 2.75) is 38.6 Å². The van der Waals surface area contributed by atoms with Gasteiger partial charge in [-0.15, -0.1) is 0 Å². The van der Waals surface area contributed by atoms with Gasteiger partial charge in [0, 0.05) is 6.04 Å². The predicted molar refractivity (Wildman–Crippen MR) is 76.6 cm³/mol. The zero-order chi connectivity index (χ0) is 13.7. The van der Waals surface area contributed by atoms with E-state index < -0.39 is 0 Å². The molecule has 0 aliphatic heterocycles. The van der Waals surface area contributed by atoms with Gasteiger partial charge in [0.05, 0.1) is 12.8 Å². The van der Waals surface area contributed by atoms with E-state index in [2.05, 4.69) is 17.6 Å². The number of carbonyl (C=O) groups is 1. The Bertz CT molecular complexity index is 426. The second kappa shape index (κ2) is 6.45. The fourth-order valence-corrected chi connectivity index (χ4v) is 2.50. The van der Waals surface area contributed by atoms with Crippen LogP contribution in [0.15, 0.2) is 24.3 Å². The minimum atomic E-state index is -0.149. The first-order chi connectivity index (χ1) is 9.19. The molecule has 0 saturated heterocycles. The monoisotopic (exact) mass is 262 g/mol. The number of nitrogens with one attached hydrogen (secondary N) is 2. The van der Waals surface area contributed by atoms with Crippen molar-refractivity contribution in [1.29, 1.82) is 0 Å². The molecular weight excluding hydrogens is 240 g/mol. The van der Waals surface area contributed by atoms with Gasteiger partial charge in [-0.3, -0.25) is 0 Å². The Morgan fingerprint density at radius 1 is 1.21 bits per heavy atom. The van der Waals surface area contributed by atoms with Crippen molar-refractivity contribution in [3.8, 4) is 5.75 Å². The fourth-order valence-electron chi connectivity index (χ4n) is 2.50. The largest absolute Gasteiger partial charge is 0.495 e. The Morgan fingerprint density at radius 2 is 1.89 bits per heavy atom. The van der Waals surface area contributed by atoms with Crippen molar-refractivity contribution in [2.24, 2.45) is 5.92 Å². The van der Waals surface area contributed by atoms with E-state index in [9.17, 15) is 4.79 Å². The summed E-state index contributed by atoms with van der Waals surface area (Å²) in [6.45, 7) is 2.27. The third-order valence-electron chi connectivity index (χ3n) is 3.71. The van der Waals surface area contributed by atoms with E-state index in [0.717, 1.165) is 18.8 Å². The highest BCUT2D eigenvalue weighted by Gasteiger charge is 2.19. The zero-order valence-corrected chi connectivity index (χ0v) is 11.6. The number of methoxy groups -OCH3 is 1. The van der Waals surface area contributed by atoms with E-state index in [1.54, 1.807) is 7.11 Å². The number of carbonyl (C=O) groups excluding carboxylic acids is 1. The number of anilines is 1. The molecule has 4 heteroatoms. The van der Waals surface area contributed by atoms with Crippen LogP contribution in [0.5, 0.6) is 5.75 Å². The van der Waals surface area contributed by atoms with Gasteiger partial charge in [0.1, 0.15) is 5.75 Å². The van der Waals surface area contributed by atoms with E-state index in [0.29, 0.717) is 17.5 Å². The van der Waals surface area contributed by atoms with Crippen LogP contribution in [-0.2, 0) is 0 Å². The third kappa shape index (κ3) is 3.88. The molecule has 1 aromatic carbocycles. The Morgan fingerprint density at radius 3 is 2.58 bits per heavy atom. The van der Waals surface area contributed by atoms with E-state index >= 15 is 0 Å². The minimum absolute atomic E-state index is 0.149. The van der Waals surface area contributed by atoms with Gasteiger partial charge in [-0.2, -0.15) is 0 Å². The summed E-state index contributed by atoms with van der Waals surface area (Å²) in [6, 6.07) is 7.57. The first kappa shape index (κ1) is 13.7. The quantitative estimate of drug-likeness (QED) is 0.877. The Hall–Kier alpha value is -1.71. The lowest BCUT2D eigenvalue weighted by Gasteiger charge is -2.27. The van der Waals surface area contributed by atoms with Crippen molar-refractivity contribution < 1.29 is 9.53 Å². The molecule has 2 N–H and O–H groups in total. The average Bonchev–Trinajstić information content (AvgIpc) is 2.42. The van der Waals surface area contributed by atoms with Crippen molar-refractivity contribution in [2.75, 3.05) is 12.4 Å². The molecule has 19 heavy (non-hydrogen) atoms. The summed E-state index contributed by atoms with van der Waals surface area (Å²) in [5, 5.41) is 5.88. The van der Waals surface area contributed by atoms with Gasteiger partial charge in [-0.25, -0.2) is 4.79 Å². The summed E-state index contributed by atoms with van der Waals surface area (Å²) < 4.78 is 5.21. The lowest BCUT2D eigenvalue weighted by molar-refractivity contribution is 0.239. The van der Waals surface area contributed by atoms with E-state index in [1.165, 1.54) is 12.8 Å². The molecule has 0 bridgehead atoms. The molecule has 0 unspecified atom stereocenters. The fraction of sp³-hybridized carbons (Fsp3) is 0.533. The van der Waals surface area contributed by atoms with Crippen LogP contribution in [0.4, 0.5) is 10.5 Å². The maximum atomic E-state index is 12.0. The average molecular weight is 262 g/mol. The van der Waals surface area contributed by atoms with Gasteiger partial charge in [0.25, 0.3) is 0 Å². The molecular formula is C15H22N2O2. The summed E-state index contributed by atoms with van der Waals surface area (Å²) in [5.41, 5.74) is 0.701. The molecule has 104 valence electrons. The Kier molecular flexibility index (Phi) is 4.66. The molecule has 0 heterocycles. The van der Waals surface area contributed by atoms with Crippen LogP contribution in [0, 0.1) is 5.92 Å². The maximum absolute atomic E-state index is 12.0. The van der Waals surface area contributed by atoms with Gasteiger partial charge >= 0.3 is 6.03 Å². The van der Waals surface area contributed by atoms with Gasteiger partial charge in [-0.05, 0) is 43.7 Å². The van der Waals surface area contributed by atoms with Crippen LogP contribution in [0.2, 0.25) is 0 Å². The number of para-hydroxylation sites is 2. The minimum Gasteiger partial charge on any atom is -0.495 e. The highest BCUT2D eigenvalue weighted by Crippen LogP contribution is 2.25. The molecule has 1 fully saturated rings. The number of rotatable bonds is 3. The summed E-state index contributed by atoms with van der Waals surface area (Å²) in [6.07, 6.45) is 4.53. The zero-order valence-electron chi connectivity index (χ0n) is 11.6. The molecule has 0 aromatic heterocycles. The molecule has 2 amide bonds. The number of benzene rings is 1. The second-order valence-corrected chi connectivity index (χ2v) is 5.26. The molecule has 1 aromatic rings. The van der Waals surface area contributed by atoms with Gasteiger partial charge in [0.15, 0.2) is 0 Å². The van der Waals surface area contributed by atoms with Gasteiger partial charge in [0.2, 0.25) is 0 Å². The van der Waals surface area contributed by atoms with Crippen LogP contribution in [0.25, 0.3) is 0 Å². The standard InChI is InChI=1S/C15H22N2O2/c1-11-7-9-12(10-8-11)16-15(18)17-13-5-3-4-6-14(13)19-2/h3-6,11-12H,7-10H2,1-2H3,(H2,16,17,18). The molecule has 2 rings (SSSR count). The number of hydrogen-bond donors (Lipinski definition) is 2. The van der Waals surface area contributed by atoms with Gasteiger partial charge in [-0.1, -0.05) is 19.1 Å². The van der Waals surface area contributed by atoms with Crippen LogP contribution >= 0.6 is 0 Å². The number of urea groups is 1. The van der Waals surface area contributed by atoms with Crippen LogP contribution in [0.3, 0.4) is 0 Å². The topological polar surface area (TPSA) is 50.4 Å². The molecule has 1 aliphatic carbocycles. The van der Waals surface area contributed by atoms with E-state index in [4.69, 9.17) is 4.74 Å². The van der Waals surface area contributed by atoms with Crippen molar-refractivity contribution >= 4 is 11.7 Å². The van der Waals surface area contributed by atoms with Crippen LogP contribution < -0.4 is 15.4 Å². The van der Waals surface area contributed by atoms with Crippen molar-refractivity contribution in [3.63, 3.8) is 0 Å². The first-order valence-electron chi connectivity index (χ1n) is 6.89. The molecule has 1 aliphatic rings. The van der Waals surface area contributed by atoms with E-state index in [-0.39, 0.29) is 6.03 Å². The van der Waals surface area contributed by atoms with Crippen LogP contribution in [0.1, 0.15) is 32.6 Å². The van der Waals surface area contributed by atoms with Gasteiger partial charge < -0.3 is 15.4 Å². The molecule has 1 saturated carbocycles. The van der Waals surface area contributed by atoms with E-state index in [1.807, 2.05) is 24.3 Å². The summed E-state index contributed by atoms with van der Waals surface area (Å²) in [7, 11) is 1.60. The highest BCUT2D eigenvalue weighted by molar-refractivity contribution is 5.91. The van der Waals surface area contributed by atoms with Crippen LogP contribution in [-0.4, -0.2) is 19.2 Å². The molecule has 0 spiro atoms. The lowest BCUT2D eigenvalue weighted by Crippen LogP contribution is -2.39. The normalized spacial score (nSPS) is 22.6. The lowest BCUT2D eigenvalue weighted by atomic mass is 9.87. The number of amides is 2. The Balaban J connectivity index is 1.87. The highest BCUT2D eigenvalue weighted by atomic mass is 16.5. The number of hydrogen-bond acceptors (Lipinski definition) is 2. The van der Waals surface area contributed by atoms with Crippen molar-refractivity contribution in [1.82, 2.24) is 5.32 Å². The summed E-state index contributed by atoms with van der Waals surface area (Å²) in [5.74, 6) is 1.46. The summed E-state index contributed by atoms with van der Waals surface area (Å²) >= 11 is 0. The smallest absolute Gasteiger partial charge is 0.319 e. The second-order valence-electron chi connectivity index (χ2n) is 5.26. The first-order valence-corrected chi connectivity index (χ1v) is 6.89. The number of ether oxygens (including phenoxy) is 1. The molecule has 0 atom stereocenters. The predicted octanol–water partition coefficient (Wildman–Crippen LogP) is 3.40. The Labute approximate surface area is 114 Å². The third-order valence-corrected chi connectivity index (χ3v) is 3.71.